The fourth-order valence-electron chi connectivity index (χ4n) is 2.07. The molecule has 0 aromatic heterocycles. The standard InChI is InChI=1S/C17H17NO5S/c1-12(19)18-14-5-3-13(4-6-14)17(20)11-24(21,22)16-9-7-15(23-2)8-10-16/h3-10H,11H2,1-2H3,(H,18,19). The molecule has 0 bridgehead atoms. The molecule has 0 radical (unpaired) electrons. The molecule has 6 nitrogen and oxygen atoms in total. The van der Waals surface area contributed by atoms with Crippen molar-refractivity contribution in [2.24, 2.45) is 0 Å². The van der Waals surface area contributed by atoms with Crippen LogP contribution in [0.4, 0.5) is 5.69 Å². The zero-order chi connectivity index (χ0) is 17.7. The molecular weight excluding hydrogens is 330 g/mol. The molecule has 0 heterocycles. The van der Waals surface area contributed by atoms with Crippen LogP contribution >= 0.6 is 0 Å². The Morgan fingerprint density at radius 3 is 2.08 bits per heavy atom. The molecule has 2 rings (SSSR count). The van der Waals surface area contributed by atoms with Crippen LogP contribution in [0.15, 0.2) is 53.4 Å². The Labute approximate surface area is 140 Å². The Balaban J connectivity index is 2.13. The summed E-state index contributed by atoms with van der Waals surface area (Å²) >= 11 is 0. The molecule has 24 heavy (non-hydrogen) atoms. The summed E-state index contributed by atoms with van der Waals surface area (Å²) in [6.45, 7) is 1.38. The molecule has 0 saturated heterocycles. The molecule has 0 fully saturated rings. The zero-order valence-electron chi connectivity index (χ0n) is 13.3. The first-order valence-electron chi connectivity index (χ1n) is 7.09. The van der Waals surface area contributed by atoms with E-state index in [0.29, 0.717) is 11.4 Å². The number of sulfone groups is 1. The molecule has 7 heteroatoms. The van der Waals surface area contributed by atoms with Crippen LogP contribution in [0.5, 0.6) is 5.75 Å². The summed E-state index contributed by atoms with van der Waals surface area (Å²) in [5, 5.41) is 2.58. The van der Waals surface area contributed by atoms with Crippen LogP contribution in [0.2, 0.25) is 0 Å². The number of ketones is 1. The molecule has 0 aliphatic rings. The molecule has 0 saturated carbocycles. The molecule has 126 valence electrons. The van der Waals surface area contributed by atoms with E-state index in [1.165, 1.54) is 50.4 Å². The highest BCUT2D eigenvalue weighted by Crippen LogP contribution is 2.18. The van der Waals surface area contributed by atoms with Gasteiger partial charge in [-0.1, -0.05) is 0 Å². The minimum Gasteiger partial charge on any atom is -0.497 e. The molecule has 2 aromatic carbocycles. The van der Waals surface area contributed by atoms with Gasteiger partial charge in [0.1, 0.15) is 11.5 Å². The SMILES string of the molecule is COc1ccc(S(=O)(=O)CC(=O)c2ccc(NC(C)=O)cc2)cc1. The first-order valence-corrected chi connectivity index (χ1v) is 8.75. The van der Waals surface area contributed by atoms with Crippen molar-refractivity contribution in [1.29, 1.82) is 0 Å². The summed E-state index contributed by atoms with van der Waals surface area (Å²) in [5.74, 6) is -0.830. The number of carbonyl (C=O) groups is 2. The van der Waals surface area contributed by atoms with Gasteiger partial charge in [0.25, 0.3) is 0 Å². The first-order chi connectivity index (χ1) is 11.3. The number of hydrogen-bond donors (Lipinski definition) is 1. The second kappa shape index (κ2) is 7.27. The largest absolute Gasteiger partial charge is 0.497 e. The fraction of sp³-hybridized carbons (Fsp3) is 0.176. The smallest absolute Gasteiger partial charge is 0.221 e. The Morgan fingerprint density at radius 1 is 1.00 bits per heavy atom. The van der Waals surface area contributed by atoms with E-state index < -0.39 is 21.4 Å². The maximum absolute atomic E-state index is 12.3. The van der Waals surface area contributed by atoms with Gasteiger partial charge >= 0.3 is 0 Å². The summed E-state index contributed by atoms with van der Waals surface area (Å²) in [5.41, 5.74) is 0.804. The quantitative estimate of drug-likeness (QED) is 0.810. The van der Waals surface area contributed by atoms with E-state index in [4.69, 9.17) is 4.74 Å². The van der Waals surface area contributed by atoms with Gasteiger partial charge in [0.05, 0.1) is 12.0 Å². The van der Waals surface area contributed by atoms with Crippen molar-refractivity contribution in [3.63, 3.8) is 0 Å². The van der Waals surface area contributed by atoms with E-state index in [2.05, 4.69) is 5.32 Å². The highest BCUT2D eigenvalue weighted by molar-refractivity contribution is 7.92. The number of hydrogen-bond acceptors (Lipinski definition) is 5. The van der Waals surface area contributed by atoms with Crippen molar-refractivity contribution in [1.82, 2.24) is 0 Å². The first kappa shape index (κ1) is 17.7. The van der Waals surface area contributed by atoms with Crippen molar-refractivity contribution < 1.29 is 22.7 Å². The van der Waals surface area contributed by atoms with Gasteiger partial charge in [-0.05, 0) is 48.5 Å². The van der Waals surface area contributed by atoms with Crippen LogP contribution in [-0.2, 0) is 14.6 Å². The molecular formula is C17H17NO5S. The summed E-state index contributed by atoms with van der Waals surface area (Å²) < 4.78 is 29.6. The second-order valence-corrected chi connectivity index (χ2v) is 7.11. The predicted octanol–water partition coefficient (Wildman–Crippen LogP) is 2.31. The monoisotopic (exact) mass is 347 g/mol. The van der Waals surface area contributed by atoms with Crippen molar-refractivity contribution >= 4 is 27.2 Å². The Bertz CT molecular complexity index is 840. The highest BCUT2D eigenvalue weighted by atomic mass is 32.2. The van der Waals surface area contributed by atoms with Crippen LogP contribution in [0, 0.1) is 0 Å². The van der Waals surface area contributed by atoms with E-state index in [9.17, 15) is 18.0 Å². The molecule has 0 unspecified atom stereocenters. The molecule has 0 aliphatic carbocycles. The van der Waals surface area contributed by atoms with Gasteiger partial charge in [0.15, 0.2) is 15.6 Å². The summed E-state index contributed by atoms with van der Waals surface area (Å²) in [6, 6.07) is 11.9. The molecule has 1 amide bonds. The van der Waals surface area contributed by atoms with E-state index in [0.717, 1.165) is 0 Å². The van der Waals surface area contributed by atoms with Crippen molar-refractivity contribution in [2.45, 2.75) is 11.8 Å². The van der Waals surface area contributed by atoms with E-state index in [1.807, 2.05) is 0 Å². The van der Waals surface area contributed by atoms with E-state index in [-0.39, 0.29) is 16.4 Å². The third kappa shape index (κ3) is 4.42. The highest BCUT2D eigenvalue weighted by Gasteiger charge is 2.20. The lowest BCUT2D eigenvalue weighted by Crippen LogP contribution is -2.16. The number of benzene rings is 2. The fourth-order valence-corrected chi connectivity index (χ4v) is 3.29. The lowest BCUT2D eigenvalue weighted by molar-refractivity contribution is -0.114. The number of amides is 1. The molecule has 1 N–H and O–H groups in total. The van der Waals surface area contributed by atoms with Gasteiger partial charge in [-0.2, -0.15) is 0 Å². The maximum Gasteiger partial charge on any atom is 0.221 e. The number of ether oxygens (including phenoxy) is 1. The minimum absolute atomic E-state index is 0.0616. The van der Waals surface area contributed by atoms with Crippen LogP contribution in [-0.4, -0.2) is 33.0 Å². The van der Waals surface area contributed by atoms with Gasteiger partial charge in [-0.15, -0.1) is 0 Å². The Hall–Kier alpha value is -2.67. The number of rotatable bonds is 6. The Morgan fingerprint density at radius 2 is 1.58 bits per heavy atom. The lowest BCUT2D eigenvalue weighted by atomic mass is 10.1. The van der Waals surface area contributed by atoms with Gasteiger partial charge in [-0.25, -0.2) is 8.42 Å². The number of anilines is 1. The number of carbonyl (C=O) groups excluding carboxylic acids is 2. The number of methoxy groups -OCH3 is 1. The van der Waals surface area contributed by atoms with Gasteiger partial charge in [0.2, 0.25) is 5.91 Å². The van der Waals surface area contributed by atoms with E-state index >= 15 is 0 Å². The van der Waals surface area contributed by atoms with Crippen LogP contribution in [0.1, 0.15) is 17.3 Å². The van der Waals surface area contributed by atoms with Crippen LogP contribution < -0.4 is 10.1 Å². The number of Topliss-reactive ketones (excluding diaryl/α,β-unsaturated/α-hetero) is 1. The van der Waals surface area contributed by atoms with Gasteiger partial charge < -0.3 is 10.1 Å². The zero-order valence-corrected chi connectivity index (χ0v) is 14.1. The molecule has 0 atom stereocenters. The average molecular weight is 347 g/mol. The van der Waals surface area contributed by atoms with Crippen molar-refractivity contribution in [3.05, 3.63) is 54.1 Å². The normalized spacial score (nSPS) is 10.9. The Kier molecular flexibility index (Phi) is 5.35. The predicted molar refractivity (Wildman–Crippen MR) is 90.1 cm³/mol. The third-order valence-electron chi connectivity index (χ3n) is 3.27. The summed E-state index contributed by atoms with van der Waals surface area (Å²) in [6.07, 6.45) is 0. The summed E-state index contributed by atoms with van der Waals surface area (Å²) in [7, 11) is -2.25. The number of nitrogens with one attached hydrogen (secondary N) is 1. The topological polar surface area (TPSA) is 89.5 Å². The van der Waals surface area contributed by atoms with Crippen LogP contribution in [0.25, 0.3) is 0 Å². The second-order valence-electron chi connectivity index (χ2n) is 5.12. The summed E-state index contributed by atoms with van der Waals surface area (Å²) in [4.78, 5) is 23.2. The van der Waals surface area contributed by atoms with Crippen molar-refractivity contribution in [3.8, 4) is 5.75 Å². The molecule has 0 spiro atoms. The van der Waals surface area contributed by atoms with E-state index in [1.54, 1.807) is 12.1 Å². The van der Waals surface area contributed by atoms with Crippen LogP contribution in [0.3, 0.4) is 0 Å². The lowest BCUT2D eigenvalue weighted by Gasteiger charge is -2.06. The maximum atomic E-state index is 12.3. The van der Waals surface area contributed by atoms with Gasteiger partial charge in [0, 0.05) is 18.2 Å². The van der Waals surface area contributed by atoms with Gasteiger partial charge in [-0.3, -0.25) is 9.59 Å². The minimum atomic E-state index is -3.74. The van der Waals surface area contributed by atoms with Crippen molar-refractivity contribution in [2.75, 3.05) is 18.2 Å². The molecule has 0 aliphatic heterocycles. The molecule has 2 aromatic rings. The third-order valence-corrected chi connectivity index (χ3v) is 4.90. The average Bonchev–Trinajstić information content (AvgIpc) is 2.54.